The second-order valence-corrected chi connectivity index (χ2v) is 4.72. The number of amidine groups is 1. The van der Waals surface area contributed by atoms with Crippen molar-refractivity contribution < 1.29 is 14.9 Å². The molecule has 2 aromatic rings. The van der Waals surface area contributed by atoms with Crippen molar-refractivity contribution in [3.05, 3.63) is 56.8 Å². The number of pyridine rings is 1. The molecule has 1 heterocycles. The monoisotopic (exact) mass is 352 g/mol. The highest BCUT2D eigenvalue weighted by Crippen LogP contribution is 2.34. The molecule has 0 bridgehead atoms. The fraction of sp³-hybridized carbons (Fsp3) is 0. The highest BCUT2D eigenvalue weighted by molar-refractivity contribution is 9.10. The van der Waals surface area contributed by atoms with E-state index in [1.807, 2.05) is 0 Å². The third-order valence-electron chi connectivity index (χ3n) is 2.46. The number of ether oxygens (including phenoxy) is 1. The largest absolute Gasteiger partial charge is 0.448 e. The number of nitro benzene ring substituents is 1. The van der Waals surface area contributed by atoms with E-state index >= 15 is 0 Å². The van der Waals surface area contributed by atoms with Crippen molar-refractivity contribution in [2.24, 2.45) is 10.9 Å². The predicted octanol–water partition coefficient (Wildman–Crippen LogP) is 2.64. The van der Waals surface area contributed by atoms with Crippen LogP contribution in [0.25, 0.3) is 0 Å². The first-order valence-corrected chi connectivity index (χ1v) is 6.37. The Morgan fingerprint density at radius 1 is 1.43 bits per heavy atom. The Bertz CT molecular complexity index is 720. The van der Waals surface area contributed by atoms with Crippen molar-refractivity contribution in [1.29, 1.82) is 0 Å². The van der Waals surface area contributed by atoms with Crippen molar-refractivity contribution >= 4 is 27.5 Å². The third kappa shape index (κ3) is 3.26. The summed E-state index contributed by atoms with van der Waals surface area (Å²) in [5, 5.41) is 22.6. The zero-order valence-corrected chi connectivity index (χ0v) is 12.0. The molecule has 0 radical (unpaired) electrons. The minimum Gasteiger partial charge on any atom is -0.448 e. The van der Waals surface area contributed by atoms with E-state index in [9.17, 15) is 10.1 Å². The molecule has 0 spiro atoms. The van der Waals surface area contributed by atoms with E-state index in [4.69, 9.17) is 15.7 Å². The zero-order valence-electron chi connectivity index (χ0n) is 10.4. The molecule has 2 rings (SSSR count). The molecule has 0 atom stereocenters. The van der Waals surface area contributed by atoms with Crippen LogP contribution in [0.15, 0.2) is 46.2 Å². The first kappa shape index (κ1) is 14.7. The third-order valence-corrected chi connectivity index (χ3v) is 2.95. The molecule has 21 heavy (non-hydrogen) atoms. The fourth-order valence-corrected chi connectivity index (χ4v) is 1.90. The van der Waals surface area contributed by atoms with Crippen LogP contribution in [-0.4, -0.2) is 21.0 Å². The molecule has 0 saturated carbocycles. The van der Waals surface area contributed by atoms with Crippen LogP contribution in [0.4, 0.5) is 5.69 Å². The highest BCUT2D eigenvalue weighted by Gasteiger charge is 2.18. The van der Waals surface area contributed by atoms with Gasteiger partial charge in [0, 0.05) is 16.7 Å². The Balaban J connectivity index is 2.46. The van der Waals surface area contributed by atoms with Crippen LogP contribution in [0.1, 0.15) is 5.69 Å². The van der Waals surface area contributed by atoms with Gasteiger partial charge in [-0.1, -0.05) is 21.1 Å². The van der Waals surface area contributed by atoms with E-state index in [0.29, 0.717) is 4.47 Å². The van der Waals surface area contributed by atoms with Crippen molar-refractivity contribution in [3.8, 4) is 11.5 Å². The van der Waals surface area contributed by atoms with Gasteiger partial charge in [0.05, 0.1) is 4.92 Å². The van der Waals surface area contributed by atoms with Crippen molar-refractivity contribution in [3.63, 3.8) is 0 Å². The SMILES string of the molecule is N/C(=N/O)c1ncccc1Oc1ccc(Br)cc1[N+](=O)[O-]. The fourth-order valence-electron chi connectivity index (χ4n) is 1.55. The molecule has 108 valence electrons. The van der Waals surface area contributed by atoms with Gasteiger partial charge in [-0.2, -0.15) is 0 Å². The number of hydrogen-bond donors (Lipinski definition) is 2. The van der Waals surface area contributed by atoms with Crippen LogP contribution in [0, 0.1) is 10.1 Å². The average Bonchev–Trinajstić information content (AvgIpc) is 2.48. The number of halogens is 1. The summed E-state index contributed by atoms with van der Waals surface area (Å²) in [4.78, 5) is 14.4. The van der Waals surface area contributed by atoms with Crippen LogP contribution in [0.3, 0.4) is 0 Å². The molecular weight excluding hydrogens is 344 g/mol. The van der Waals surface area contributed by atoms with Crippen molar-refractivity contribution in [2.45, 2.75) is 0 Å². The van der Waals surface area contributed by atoms with Gasteiger partial charge in [-0.25, -0.2) is 4.98 Å². The van der Waals surface area contributed by atoms with E-state index in [-0.39, 0.29) is 28.7 Å². The van der Waals surface area contributed by atoms with Gasteiger partial charge in [-0.3, -0.25) is 10.1 Å². The Kier molecular flexibility index (Phi) is 4.33. The van der Waals surface area contributed by atoms with Gasteiger partial charge in [0.1, 0.15) is 0 Å². The summed E-state index contributed by atoms with van der Waals surface area (Å²) < 4.78 is 6.03. The molecule has 9 heteroatoms. The summed E-state index contributed by atoms with van der Waals surface area (Å²) >= 11 is 3.15. The maximum Gasteiger partial charge on any atom is 0.312 e. The van der Waals surface area contributed by atoms with Gasteiger partial charge in [0.2, 0.25) is 5.75 Å². The Morgan fingerprint density at radius 3 is 2.86 bits per heavy atom. The molecule has 8 nitrogen and oxygen atoms in total. The second kappa shape index (κ2) is 6.18. The summed E-state index contributed by atoms with van der Waals surface area (Å²) in [6.45, 7) is 0. The van der Waals surface area contributed by atoms with Gasteiger partial charge >= 0.3 is 5.69 Å². The summed E-state index contributed by atoms with van der Waals surface area (Å²) in [5.41, 5.74) is 5.34. The van der Waals surface area contributed by atoms with Gasteiger partial charge in [-0.15, -0.1) is 0 Å². The minimum atomic E-state index is -0.570. The lowest BCUT2D eigenvalue weighted by atomic mass is 10.2. The molecule has 0 amide bonds. The number of hydrogen-bond acceptors (Lipinski definition) is 6. The second-order valence-electron chi connectivity index (χ2n) is 3.81. The summed E-state index contributed by atoms with van der Waals surface area (Å²) in [5.74, 6) is -0.105. The summed E-state index contributed by atoms with van der Waals surface area (Å²) in [6, 6.07) is 7.42. The van der Waals surface area contributed by atoms with Crippen LogP contribution < -0.4 is 10.5 Å². The molecule has 1 aromatic heterocycles. The maximum absolute atomic E-state index is 11.0. The molecule has 0 fully saturated rings. The number of nitrogens with zero attached hydrogens (tertiary/aromatic N) is 3. The lowest BCUT2D eigenvalue weighted by Crippen LogP contribution is -2.16. The average molecular weight is 353 g/mol. The van der Waals surface area contributed by atoms with Crippen molar-refractivity contribution in [1.82, 2.24) is 4.98 Å². The van der Waals surface area contributed by atoms with Crippen LogP contribution in [0.2, 0.25) is 0 Å². The van der Waals surface area contributed by atoms with Crippen molar-refractivity contribution in [2.75, 3.05) is 0 Å². The Morgan fingerprint density at radius 2 is 2.19 bits per heavy atom. The smallest absolute Gasteiger partial charge is 0.312 e. The predicted molar refractivity (Wildman–Crippen MR) is 77.6 cm³/mol. The van der Waals surface area contributed by atoms with Gasteiger partial charge < -0.3 is 15.7 Å². The molecule has 3 N–H and O–H groups in total. The Hall–Kier alpha value is -2.68. The van der Waals surface area contributed by atoms with E-state index in [1.165, 1.54) is 24.4 Å². The Labute approximate surface area is 127 Å². The number of benzene rings is 1. The number of rotatable bonds is 4. The van der Waals surface area contributed by atoms with Gasteiger partial charge in [0.15, 0.2) is 17.3 Å². The molecule has 0 aliphatic carbocycles. The van der Waals surface area contributed by atoms with E-state index in [0.717, 1.165) is 0 Å². The number of oxime groups is 1. The lowest BCUT2D eigenvalue weighted by molar-refractivity contribution is -0.385. The van der Waals surface area contributed by atoms with Gasteiger partial charge in [-0.05, 0) is 24.3 Å². The van der Waals surface area contributed by atoms with Crippen LogP contribution in [0.5, 0.6) is 11.5 Å². The molecule has 0 aliphatic rings. The number of aromatic nitrogens is 1. The molecule has 0 unspecified atom stereocenters. The standard InChI is InChI=1S/C12H9BrN4O4/c13-7-3-4-9(8(6-7)17(19)20)21-10-2-1-5-15-11(10)12(14)16-18/h1-6,18H,(H2,14,16). The number of nitro groups is 1. The highest BCUT2D eigenvalue weighted by atomic mass is 79.9. The minimum absolute atomic E-state index is 0.0168. The molecule has 0 aliphatic heterocycles. The normalized spacial score (nSPS) is 11.2. The van der Waals surface area contributed by atoms with Crippen LogP contribution >= 0.6 is 15.9 Å². The van der Waals surface area contributed by atoms with Crippen LogP contribution in [-0.2, 0) is 0 Å². The summed E-state index contributed by atoms with van der Waals surface area (Å²) in [6.07, 6.45) is 1.43. The number of nitrogens with two attached hydrogens (primary N) is 1. The molecule has 1 aromatic carbocycles. The van der Waals surface area contributed by atoms with E-state index in [1.54, 1.807) is 12.1 Å². The van der Waals surface area contributed by atoms with E-state index in [2.05, 4.69) is 26.1 Å². The lowest BCUT2D eigenvalue weighted by Gasteiger charge is -2.09. The molecular formula is C12H9BrN4O4. The molecule has 0 saturated heterocycles. The topological polar surface area (TPSA) is 124 Å². The maximum atomic E-state index is 11.0. The van der Waals surface area contributed by atoms with Gasteiger partial charge in [0.25, 0.3) is 0 Å². The quantitative estimate of drug-likeness (QED) is 0.286. The first-order chi connectivity index (χ1) is 10.0. The summed E-state index contributed by atoms with van der Waals surface area (Å²) in [7, 11) is 0. The zero-order chi connectivity index (χ0) is 15.4. The first-order valence-electron chi connectivity index (χ1n) is 5.57. The van der Waals surface area contributed by atoms with E-state index < -0.39 is 4.92 Å².